The lowest BCUT2D eigenvalue weighted by Gasteiger charge is -2.26. The Morgan fingerprint density at radius 1 is 0.880 bits per heavy atom. The Hall–Kier alpha value is -5.32. The van der Waals surface area contributed by atoms with Crippen LogP contribution >= 0.6 is 0 Å². The van der Waals surface area contributed by atoms with Crippen LogP contribution < -0.4 is 14.4 Å². The first-order chi connectivity index (χ1) is 23.6. The summed E-state index contributed by atoms with van der Waals surface area (Å²) in [6.45, 7) is 5.35. The molecule has 0 radical (unpaired) electrons. The highest BCUT2D eigenvalue weighted by Gasteiger charge is 2.33. The highest BCUT2D eigenvalue weighted by molar-refractivity contribution is 5.76. The van der Waals surface area contributed by atoms with E-state index in [1.165, 1.54) is 29.4 Å². The van der Waals surface area contributed by atoms with Crippen LogP contribution in [0.1, 0.15) is 65.6 Å². The van der Waals surface area contributed by atoms with Crippen LogP contribution in [0, 0.1) is 18.3 Å². The van der Waals surface area contributed by atoms with Crippen molar-refractivity contribution in [3.8, 4) is 28.7 Å². The number of rotatable bonds is 14. The van der Waals surface area contributed by atoms with Gasteiger partial charge in [0, 0.05) is 25.1 Å². The summed E-state index contributed by atoms with van der Waals surface area (Å²) >= 11 is 0. The molecule has 0 fully saturated rings. The summed E-state index contributed by atoms with van der Waals surface area (Å²) in [5.74, 6) is -0.418. The van der Waals surface area contributed by atoms with E-state index in [4.69, 9.17) is 14.6 Å². The van der Waals surface area contributed by atoms with E-state index in [0.29, 0.717) is 29.4 Å². The van der Waals surface area contributed by atoms with Crippen molar-refractivity contribution in [2.75, 3.05) is 18.1 Å². The molecule has 0 saturated heterocycles. The van der Waals surface area contributed by atoms with Gasteiger partial charge in [0.25, 0.3) is 0 Å². The van der Waals surface area contributed by atoms with Gasteiger partial charge >= 0.3 is 18.3 Å². The third-order valence-corrected chi connectivity index (χ3v) is 7.73. The second-order valence-corrected chi connectivity index (χ2v) is 11.4. The molecule has 0 unspecified atom stereocenters. The Labute approximate surface area is 284 Å². The maximum atomic E-state index is 14.1. The number of aliphatic carboxylic acids is 1. The number of nitriles is 1. The number of alkyl halides is 6. The predicted octanol–water partition coefficient (Wildman–Crippen LogP) is 8.77. The van der Waals surface area contributed by atoms with Crippen molar-refractivity contribution >= 4 is 11.9 Å². The molecule has 14 heteroatoms. The average Bonchev–Trinajstić information content (AvgIpc) is 3.06. The third kappa shape index (κ3) is 9.64. The fourth-order valence-electron chi connectivity index (χ4n) is 5.35. The SMILES string of the molecule is CCOc1cc(C)c(CC)cc1-c1ccc(C(F)(F)F)cc1CN(Cc1cc(C#N)cc(C(F)(F)F)c1)c1ncc(OCCCC(=O)O)cn1. The van der Waals surface area contributed by atoms with E-state index < -0.39 is 29.4 Å². The first kappa shape index (κ1) is 37.5. The minimum atomic E-state index is -4.77. The molecule has 4 rings (SSSR count). The zero-order valence-corrected chi connectivity index (χ0v) is 27.5. The van der Waals surface area contributed by atoms with Gasteiger partial charge in [-0.05, 0) is 97.0 Å². The molecule has 50 heavy (non-hydrogen) atoms. The predicted molar refractivity (Wildman–Crippen MR) is 173 cm³/mol. The Bertz CT molecular complexity index is 1850. The second kappa shape index (κ2) is 15.9. The van der Waals surface area contributed by atoms with E-state index in [-0.39, 0.29) is 67.5 Å². The Kier molecular flexibility index (Phi) is 11.9. The number of carboxylic acids is 1. The number of halogens is 6. The van der Waals surface area contributed by atoms with Crippen LogP contribution in [0.5, 0.6) is 11.5 Å². The van der Waals surface area contributed by atoms with E-state index in [9.17, 15) is 36.4 Å². The van der Waals surface area contributed by atoms with Gasteiger partial charge in [0.15, 0.2) is 5.75 Å². The van der Waals surface area contributed by atoms with Crippen LogP contribution in [0.3, 0.4) is 0 Å². The number of aryl methyl sites for hydroxylation is 2. The molecule has 0 saturated carbocycles. The summed E-state index contributed by atoms with van der Waals surface area (Å²) in [5, 5.41) is 18.3. The van der Waals surface area contributed by atoms with Gasteiger partial charge in [0.2, 0.25) is 5.95 Å². The van der Waals surface area contributed by atoms with Gasteiger partial charge in [0.05, 0.1) is 48.4 Å². The van der Waals surface area contributed by atoms with Crippen molar-refractivity contribution in [2.45, 2.75) is 65.5 Å². The molecule has 8 nitrogen and oxygen atoms in total. The molecule has 0 aliphatic carbocycles. The molecule has 0 bridgehead atoms. The minimum Gasteiger partial charge on any atom is -0.493 e. The number of hydrogen-bond acceptors (Lipinski definition) is 7. The van der Waals surface area contributed by atoms with Crippen LogP contribution in [0.4, 0.5) is 32.3 Å². The minimum absolute atomic E-state index is 0.0427. The van der Waals surface area contributed by atoms with Gasteiger partial charge < -0.3 is 19.5 Å². The van der Waals surface area contributed by atoms with Crippen molar-refractivity contribution < 1.29 is 45.7 Å². The van der Waals surface area contributed by atoms with E-state index in [1.54, 1.807) is 13.0 Å². The zero-order chi connectivity index (χ0) is 36.6. The zero-order valence-electron chi connectivity index (χ0n) is 27.5. The lowest BCUT2D eigenvalue weighted by atomic mass is 9.92. The van der Waals surface area contributed by atoms with Crippen LogP contribution in [0.15, 0.2) is 60.9 Å². The number of ether oxygens (including phenoxy) is 2. The largest absolute Gasteiger partial charge is 0.493 e. The van der Waals surface area contributed by atoms with Crippen LogP contribution in [0.2, 0.25) is 0 Å². The van der Waals surface area contributed by atoms with Crippen LogP contribution in [0.25, 0.3) is 11.1 Å². The summed E-state index contributed by atoms with van der Waals surface area (Å²) in [4.78, 5) is 20.8. The maximum absolute atomic E-state index is 14.1. The molecule has 264 valence electrons. The van der Waals surface area contributed by atoms with E-state index in [0.717, 1.165) is 29.3 Å². The summed E-state index contributed by atoms with van der Waals surface area (Å²) in [6.07, 6.45) is -6.20. The molecule has 1 N–H and O–H groups in total. The smallest absolute Gasteiger partial charge is 0.416 e. The molecular formula is C36H34F6N4O4. The lowest BCUT2D eigenvalue weighted by Crippen LogP contribution is -2.25. The standard InChI is InChI=1S/C36H34F6N4O4/c1-4-25-16-31(32(49-5-2)11-22(25)3)30-9-8-27(35(37,38)39)15-26(30)21-46(20-24-12-23(17-43)13-28(14-24)36(40,41)42)34-44-18-29(19-45-34)50-10-6-7-33(47)48/h8-9,11-16,18-19H,4-7,10,20-21H2,1-3H3,(H,47,48). The monoisotopic (exact) mass is 700 g/mol. The van der Waals surface area contributed by atoms with Crippen molar-refractivity contribution in [3.05, 3.63) is 99.9 Å². The first-order valence-electron chi connectivity index (χ1n) is 15.6. The Morgan fingerprint density at radius 2 is 1.58 bits per heavy atom. The Morgan fingerprint density at radius 3 is 2.18 bits per heavy atom. The normalized spacial score (nSPS) is 11.6. The number of aromatic nitrogens is 2. The number of benzene rings is 3. The maximum Gasteiger partial charge on any atom is 0.416 e. The van der Waals surface area contributed by atoms with Gasteiger partial charge in [-0.15, -0.1) is 0 Å². The molecule has 0 amide bonds. The Balaban J connectivity index is 1.86. The van der Waals surface area contributed by atoms with Crippen molar-refractivity contribution in [2.24, 2.45) is 0 Å². The summed E-state index contributed by atoms with van der Waals surface area (Å²) < 4.78 is 95.0. The molecule has 4 aromatic rings. The van der Waals surface area contributed by atoms with E-state index in [1.807, 2.05) is 26.0 Å². The number of hydrogen-bond donors (Lipinski definition) is 1. The summed E-state index contributed by atoms with van der Waals surface area (Å²) in [7, 11) is 0. The molecular weight excluding hydrogens is 666 g/mol. The molecule has 1 heterocycles. The highest BCUT2D eigenvalue weighted by Crippen LogP contribution is 2.40. The van der Waals surface area contributed by atoms with E-state index in [2.05, 4.69) is 9.97 Å². The van der Waals surface area contributed by atoms with Gasteiger partial charge in [-0.3, -0.25) is 4.79 Å². The lowest BCUT2D eigenvalue weighted by molar-refractivity contribution is -0.138. The molecule has 3 aromatic carbocycles. The highest BCUT2D eigenvalue weighted by atomic mass is 19.4. The summed E-state index contributed by atoms with van der Waals surface area (Å²) in [5.41, 5.74) is 0.773. The molecule has 0 aliphatic heterocycles. The first-order valence-corrected chi connectivity index (χ1v) is 15.6. The fourth-order valence-corrected chi connectivity index (χ4v) is 5.35. The molecule has 0 atom stereocenters. The average molecular weight is 701 g/mol. The molecule has 0 aliphatic rings. The molecule has 0 spiro atoms. The second-order valence-electron chi connectivity index (χ2n) is 11.4. The number of nitrogens with zero attached hydrogens (tertiary/aromatic N) is 4. The fraction of sp³-hybridized carbons (Fsp3) is 0.333. The summed E-state index contributed by atoms with van der Waals surface area (Å²) in [6, 6.07) is 11.5. The van der Waals surface area contributed by atoms with Crippen molar-refractivity contribution in [1.29, 1.82) is 5.26 Å². The van der Waals surface area contributed by atoms with E-state index >= 15 is 0 Å². The third-order valence-electron chi connectivity index (χ3n) is 7.73. The van der Waals surface area contributed by atoms with Crippen LogP contribution in [-0.2, 0) is 36.7 Å². The molecule has 1 aromatic heterocycles. The van der Waals surface area contributed by atoms with Gasteiger partial charge in [-0.25, -0.2) is 9.97 Å². The number of carboxylic acid groups (broad SMARTS) is 1. The van der Waals surface area contributed by atoms with Crippen molar-refractivity contribution in [3.63, 3.8) is 0 Å². The number of anilines is 1. The number of carbonyl (C=O) groups is 1. The van der Waals surface area contributed by atoms with Crippen molar-refractivity contribution in [1.82, 2.24) is 9.97 Å². The topological polar surface area (TPSA) is 109 Å². The van der Waals surface area contributed by atoms with Gasteiger partial charge in [-0.1, -0.05) is 13.0 Å². The quantitative estimate of drug-likeness (QED) is 0.103. The van der Waals surface area contributed by atoms with Gasteiger partial charge in [0.1, 0.15) is 5.75 Å². The van der Waals surface area contributed by atoms with Gasteiger partial charge in [-0.2, -0.15) is 31.6 Å². The van der Waals surface area contributed by atoms with Crippen LogP contribution in [-0.4, -0.2) is 34.3 Å².